The van der Waals surface area contributed by atoms with Crippen molar-refractivity contribution in [1.82, 2.24) is 5.32 Å². The van der Waals surface area contributed by atoms with E-state index in [4.69, 9.17) is 0 Å². The Morgan fingerprint density at radius 1 is 1.24 bits per heavy atom. The zero-order valence-electron chi connectivity index (χ0n) is 11.5. The largest absolute Gasteiger partial charge is 0.504 e. The number of nitro groups is 1. The van der Waals surface area contributed by atoms with Crippen LogP contribution in [0.25, 0.3) is 0 Å². The number of benzene rings is 2. The first-order valence-corrected chi connectivity index (χ1v) is 6.46. The van der Waals surface area contributed by atoms with Gasteiger partial charge in [-0.15, -0.1) is 0 Å². The van der Waals surface area contributed by atoms with Crippen molar-refractivity contribution in [3.05, 3.63) is 63.7 Å². The number of hydrogen-bond donors (Lipinski definition) is 3. The maximum atomic E-state index is 10.8. The summed E-state index contributed by atoms with van der Waals surface area (Å²) in [4.78, 5) is 10.3. The van der Waals surface area contributed by atoms with E-state index in [-0.39, 0.29) is 23.2 Å². The van der Waals surface area contributed by atoms with Crippen molar-refractivity contribution >= 4 is 5.69 Å². The molecule has 6 heteroatoms. The standard InChI is InChI=1S/C15H16N2O4/c1-10(11-4-2-6-13(8-11)17(20)21)16-9-12-5-3-7-14(18)15(12)19/h2-8,10,16,18-19H,9H2,1H3. The molecule has 1 atom stereocenters. The molecule has 6 nitrogen and oxygen atoms in total. The normalized spacial score (nSPS) is 12.0. The molecule has 0 saturated heterocycles. The van der Waals surface area contributed by atoms with Gasteiger partial charge in [-0.05, 0) is 18.6 Å². The molecule has 0 radical (unpaired) electrons. The SMILES string of the molecule is CC(NCc1cccc(O)c1O)c1cccc([N+](=O)[O-])c1. The number of phenolic OH excluding ortho intramolecular Hbond substituents is 2. The second-order valence-electron chi connectivity index (χ2n) is 4.74. The van der Waals surface area contributed by atoms with E-state index < -0.39 is 4.92 Å². The fourth-order valence-corrected chi connectivity index (χ4v) is 2.01. The zero-order valence-corrected chi connectivity index (χ0v) is 11.5. The van der Waals surface area contributed by atoms with Crippen molar-refractivity contribution in [2.45, 2.75) is 19.5 Å². The average Bonchev–Trinajstić information content (AvgIpc) is 2.48. The zero-order chi connectivity index (χ0) is 15.4. The van der Waals surface area contributed by atoms with Gasteiger partial charge in [-0.1, -0.05) is 24.3 Å². The molecule has 2 rings (SSSR count). The summed E-state index contributed by atoms with van der Waals surface area (Å²) in [6, 6.07) is 11.0. The Bertz CT molecular complexity index is 658. The van der Waals surface area contributed by atoms with E-state index in [0.29, 0.717) is 12.1 Å². The summed E-state index contributed by atoms with van der Waals surface area (Å²) >= 11 is 0. The number of nitro benzene ring substituents is 1. The average molecular weight is 288 g/mol. The molecular formula is C15H16N2O4. The number of nitrogens with one attached hydrogen (secondary N) is 1. The predicted molar refractivity (Wildman–Crippen MR) is 78.1 cm³/mol. The highest BCUT2D eigenvalue weighted by molar-refractivity contribution is 5.44. The van der Waals surface area contributed by atoms with Gasteiger partial charge in [0.1, 0.15) is 0 Å². The Labute approximate surface area is 121 Å². The fraction of sp³-hybridized carbons (Fsp3) is 0.200. The number of rotatable bonds is 5. The van der Waals surface area contributed by atoms with Crippen molar-refractivity contribution in [3.63, 3.8) is 0 Å². The lowest BCUT2D eigenvalue weighted by atomic mass is 10.1. The molecule has 0 saturated carbocycles. The van der Waals surface area contributed by atoms with Gasteiger partial charge in [-0.25, -0.2) is 0 Å². The minimum Gasteiger partial charge on any atom is -0.504 e. The topological polar surface area (TPSA) is 95.6 Å². The van der Waals surface area contributed by atoms with Crippen LogP contribution in [0.3, 0.4) is 0 Å². The Kier molecular flexibility index (Phi) is 4.39. The third-order valence-electron chi connectivity index (χ3n) is 3.28. The quantitative estimate of drug-likeness (QED) is 0.446. The van der Waals surface area contributed by atoms with Crippen molar-refractivity contribution < 1.29 is 15.1 Å². The Morgan fingerprint density at radius 3 is 2.67 bits per heavy atom. The number of non-ortho nitro benzene ring substituents is 1. The van der Waals surface area contributed by atoms with Crippen molar-refractivity contribution in [1.29, 1.82) is 0 Å². The first-order chi connectivity index (χ1) is 9.99. The van der Waals surface area contributed by atoms with Gasteiger partial charge >= 0.3 is 0 Å². The molecule has 0 aromatic heterocycles. The lowest BCUT2D eigenvalue weighted by molar-refractivity contribution is -0.384. The number of hydrogen-bond acceptors (Lipinski definition) is 5. The van der Waals surface area contributed by atoms with Gasteiger partial charge in [0.05, 0.1) is 4.92 Å². The summed E-state index contributed by atoms with van der Waals surface area (Å²) in [5, 5.41) is 33.1. The van der Waals surface area contributed by atoms with Crippen LogP contribution in [0.2, 0.25) is 0 Å². The Morgan fingerprint density at radius 2 is 1.95 bits per heavy atom. The molecule has 0 bridgehead atoms. The van der Waals surface area contributed by atoms with Crippen LogP contribution < -0.4 is 5.32 Å². The van der Waals surface area contributed by atoms with Gasteiger partial charge in [0.2, 0.25) is 0 Å². The van der Waals surface area contributed by atoms with E-state index in [1.807, 2.05) is 6.92 Å². The lowest BCUT2D eigenvalue weighted by Crippen LogP contribution is -2.18. The highest BCUT2D eigenvalue weighted by Gasteiger charge is 2.12. The van der Waals surface area contributed by atoms with E-state index in [9.17, 15) is 20.3 Å². The van der Waals surface area contributed by atoms with Gasteiger partial charge < -0.3 is 15.5 Å². The summed E-state index contributed by atoms with van der Waals surface area (Å²) < 4.78 is 0. The van der Waals surface area contributed by atoms with Crippen molar-refractivity contribution in [2.24, 2.45) is 0 Å². The fourth-order valence-electron chi connectivity index (χ4n) is 2.01. The van der Waals surface area contributed by atoms with E-state index in [0.717, 1.165) is 5.56 Å². The van der Waals surface area contributed by atoms with Gasteiger partial charge in [0.15, 0.2) is 11.5 Å². The summed E-state index contributed by atoms with van der Waals surface area (Å²) in [6.07, 6.45) is 0. The van der Waals surface area contributed by atoms with E-state index >= 15 is 0 Å². The molecule has 110 valence electrons. The minimum atomic E-state index is -0.433. The Balaban J connectivity index is 2.08. The smallest absolute Gasteiger partial charge is 0.269 e. The van der Waals surface area contributed by atoms with Crippen LogP contribution in [-0.2, 0) is 6.54 Å². The molecule has 0 spiro atoms. The molecular weight excluding hydrogens is 272 g/mol. The summed E-state index contributed by atoms with van der Waals surface area (Å²) in [5.41, 5.74) is 1.39. The molecule has 0 heterocycles. The van der Waals surface area contributed by atoms with E-state index in [2.05, 4.69) is 5.32 Å². The second-order valence-corrected chi connectivity index (χ2v) is 4.74. The third-order valence-corrected chi connectivity index (χ3v) is 3.28. The van der Waals surface area contributed by atoms with Crippen LogP contribution in [0.1, 0.15) is 24.1 Å². The summed E-state index contributed by atoms with van der Waals surface area (Å²) in [5.74, 6) is -0.325. The molecule has 2 aromatic carbocycles. The minimum absolute atomic E-state index is 0.0429. The number of phenols is 2. The maximum absolute atomic E-state index is 10.8. The summed E-state index contributed by atoms with van der Waals surface area (Å²) in [7, 11) is 0. The molecule has 0 aliphatic heterocycles. The van der Waals surface area contributed by atoms with Crippen LogP contribution in [0.4, 0.5) is 5.69 Å². The molecule has 1 unspecified atom stereocenters. The highest BCUT2D eigenvalue weighted by atomic mass is 16.6. The maximum Gasteiger partial charge on any atom is 0.269 e. The molecule has 21 heavy (non-hydrogen) atoms. The molecule has 0 amide bonds. The van der Waals surface area contributed by atoms with Crippen LogP contribution in [0.5, 0.6) is 11.5 Å². The molecule has 2 aromatic rings. The first kappa shape index (κ1) is 14.8. The monoisotopic (exact) mass is 288 g/mol. The van der Waals surface area contributed by atoms with Crippen LogP contribution in [-0.4, -0.2) is 15.1 Å². The number of nitrogens with zero attached hydrogens (tertiary/aromatic N) is 1. The third kappa shape index (κ3) is 3.49. The van der Waals surface area contributed by atoms with Crippen molar-refractivity contribution in [3.8, 4) is 11.5 Å². The molecule has 0 fully saturated rings. The van der Waals surface area contributed by atoms with Gasteiger partial charge in [-0.3, -0.25) is 10.1 Å². The number of para-hydroxylation sites is 1. The van der Waals surface area contributed by atoms with Crippen molar-refractivity contribution in [2.75, 3.05) is 0 Å². The summed E-state index contributed by atoms with van der Waals surface area (Å²) in [6.45, 7) is 2.21. The second kappa shape index (κ2) is 6.23. The highest BCUT2D eigenvalue weighted by Crippen LogP contribution is 2.28. The molecule has 3 N–H and O–H groups in total. The van der Waals surface area contributed by atoms with Crippen LogP contribution in [0, 0.1) is 10.1 Å². The van der Waals surface area contributed by atoms with Gasteiger partial charge in [-0.2, -0.15) is 0 Å². The van der Waals surface area contributed by atoms with Crippen LogP contribution in [0.15, 0.2) is 42.5 Å². The Hall–Kier alpha value is -2.60. The van der Waals surface area contributed by atoms with Gasteiger partial charge in [0, 0.05) is 30.3 Å². The first-order valence-electron chi connectivity index (χ1n) is 6.46. The molecule has 0 aliphatic rings. The molecule has 0 aliphatic carbocycles. The van der Waals surface area contributed by atoms with E-state index in [1.54, 1.807) is 24.3 Å². The van der Waals surface area contributed by atoms with E-state index in [1.165, 1.54) is 18.2 Å². The van der Waals surface area contributed by atoms with Gasteiger partial charge in [0.25, 0.3) is 5.69 Å². The lowest BCUT2D eigenvalue weighted by Gasteiger charge is -2.15. The predicted octanol–water partition coefficient (Wildman–Crippen LogP) is 2.86. The number of aromatic hydroxyl groups is 2. The van der Waals surface area contributed by atoms with Crippen LogP contribution >= 0.6 is 0 Å².